The normalized spacial score (nSPS) is 17.2. The Morgan fingerprint density at radius 3 is 1.90 bits per heavy atom. The summed E-state index contributed by atoms with van der Waals surface area (Å²) >= 11 is 0. The van der Waals surface area contributed by atoms with Crippen LogP contribution in [0.2, 0.25) is 0 Å². The maximum atomic E-state index is 13.4. The number of likely N-dealkylation sites (tertiary alicyclic amines) is 1. The number of hydrogen-bond acceptors (Lipinski definition) is 2. The standard InChI is InChI=1S/C14H17F5N2/c1-8-2-5-21(6-3-8)7-4-20-14-12(18)10(16)9(15)11(17)13(14)19/h8,20H,2-7H2,1H3. The topological polar surface area (TPSA) is 15.3 Å². The average molecular weight is 308 g/mol. The highest BCUT2D eigenvalue weighted by Gasteiger charge is 2.25. The lowest BCUT2D eigenvalue weighted by Gasteiger charge is -2.30. The third-order valence-electron chi connectivity index (χ3n) is 3.82. The van der Waals surface area contributed by atoms with Crippen molar-refractivity contribution in [2.45, 2.75) is 19.8 Å². The molecule has 0 aromatic heterocycles. The monoisotopic (exact) mass is 308 g/mol. The smallest absolute Gasteiger partial charge is 0.200 e. The van der Waals surface area contributed by atoms with E-state index in [0.717, 1.165) is 25.9 Å². The molecule has 1 N–H and O–H groups in total. The van der Waals surface area contributed by atoms with Gasteiger partial charge >= 0.3 is 0 Å². The third-order valence-corrected chi connectivity index (χ3v) is 3.82. The second-order valence-corrected chi connectivity index (χ2v) is 5.40. The summed E-state index contributed by atoms with van der Waals surface area (Å²) in [6.45, 7) is 4.52. The SMILES string of the molecule is CC1CCN(CCNc2c(F)c(F)c(F)c(F)c2F)CC1. The zero-order valence-corrected chi connectivity index (χ0v) is 11.7. The first kappa shape index (κ1) is 16.0. The summed E-state index contributed by atoms with van der Waals surface area (Å²) in [5.74, 6) is -8.98. The molecule has 118 valence electrons. The maximum absolute atomic E-state index is 13.4. The Morgan fingerprint density at radius 2 is 1.38 bits per heavy atom. The van der Waals surface area contributed by atoms with Crippen LogP contribution < -0.4 is 5.32 Å². The molecular weight excluding hydrogens is 291 g/mol. The summed E-state index contributed by atoms with van der Waals surface area (Å²) in [6, 6.07) is 0. The Bertz CT molecular complexity index is 484. The Hall–Kier alpha value is -1.37. The van der Waals surface area contributed by atoms with Gasteiger partial charge in [0.1, 0.15) is 5.69 Å². The first-order chi connectivity index (χ1) is 9.91. The van der Waals surface area contributed by atoms with E-state index in [-0.39, 0.29) is 6.54 Å². The molecule has 21 heavy (non-hydrogen) atoms. The van der Waals surface area contributed by atoms with Gasteiger partial charge in [-0.2, -0.15) is 0 Å². The van der Waals surface area contributed by atoms with Crippen LogP contribution in [0.5, 0.6) is 0 Å². The molecule has 0 spiro atoms. The second kappa shape index (κ2) is 6.60. The number of nitrogens with one attached hydrogen (secondary N) is 1. The van der Waals surface area contributed by atoms with Crippen LogP contribution in [-0.2, 0) is 0 Å². The summed E-state index contributed by atoms with van der Waals surface area (Å²) in [5, 5.41) is 2.31. The number of hydrogen-bond donors (Lipinski definition) is 1. The van der Waals surface area contributed by atoms with Crippen molar-refractivity contribution in [3.63, 3.8) is 0 Å². The molecule has 0 bridgehead atoms. The van der Waals surface area contributed by atoms with E-state index in [1.54, 1.807) is 0 Å². The molecule has 0 aliphatic carbocycles. The van der Waals surface area contributed by atoms with Crippen molar-refractivity contribution in [1.29, 1.82) is 0 Å². The van der Waals surface area contributed by atoms with Crippen molar-refractivity contribution in [2.24, 2.45) is 5.92 Å². The fraction of sp³-hybridized carbons (Fsp3) is 0.571. The molecule has 0 unspecified atom stereocenters. The summed E-state index contributed by atoms with van der Waals surface area (Å²) in [4.78, 5) is 2.10. The molecule has 0 saturated carbocycles. The molecule has 1 fully saturated rings. The molecule has 2 nitrogen and oxygen atoms in total. The quantitative estimate of drug-likeness (QED) is 0.520. The molecule has 2 rings (SSSR count). The highest BCUT2D eigenvalue weighted by atomic mass is 19.2. The van der Waals surface area contributed by atoms with Gasteiger partial charge in [-0.15, -0.1) is 0 Å². The van der Waals surface area contributed by atoms with Gasteiger partial charge in [0.25, 0.3) is 0 Å². The van der Waals surface area contributed by atoms with Gasteiger partial charge in [-0.05, 0) is 31.8 Å². The van der Waals surface area contributed by atoms with Crippen molar-refractivity contribution in [3.8, 4) is 0 Å². The van der Waals surface area contributed by atoms with E-state index < -0.39 is 34.8 Å². The van der Waals surface area contributed by atoms with E-state index in [1.165, 1.54) is 0 Å². The zero-order valence-electron chi connectivity index (χ0n) is 11.7. The molecule has 1 aliphatic heterocycles. The highest BCUT2D eigenvalue weighted by molar-refractivity contribution is 5.47. The lowest BCUT2D eigenvalue weighted by Crippen LogP contribution is -2.36. The zero-order chi connectivity index (χ0) is 15.6. The maximum Gasteiger partial charge on any atom is 0.200 e. The van der Waals surface area contributed by atoms with Gasteiger partial charge in [-0.25, -0.2) is 22.0 Å². The summed E-state index contributed by atoms with van der Waals surface area (Å²) in [7, 11) is 0. The first-order valence-corrected chi connectivity index (χ1v) is 6.89. The first-order valence-electron chi connectivity index (χ1n) is 6.89. The van der Waals surface area contributed by atoms with Gasteiger partial charge in [0.05, 0.1) is 0 Å². The van der Waals surface area contributed by atoms with Gasteiger partial charge in [-0.1, -0.05) is 6.92 Å². The number of halogens is 5. The minimum Gasteiger partial charge on any atom is -0.379 e. The molecule has 1 saturated heterocycles. The molecule has 1 aromatic rings. The van der Waals surface area contributed by atoms with E-state index in [9.17, 15) is 22.0 Å². The molecule has 0 atom stereocenters. The van der Waals surface area contributed by atoms with Crippen LogP contribution in [0.4, 0.5) is 27.6 Å². The largest absolute Gasteiger partial charge is 0.379 e. The van der Waals surface area contributed by atoms with Gasteiger partial charge in [-0.3, -0.25) is 0 Å². The molecular formula is C14H17F5N2. The molecule has 0 radical (unpaired) electrons. The van der Waals surface area contributed by atoms with E-state index in [1.807, 2.05) is 0 Å². The second-order valence-electron chi connectivity index (χ2n) is 5.40. The van der Waals surface area contributed by atoms with E-state index >= 15 is 0 Å². The van der Waals surface area contributed by atoms with E-state index in [4.69, 9.17) is 0 Å². The average Bonchev–Trinajstić information content (AvgIpc) is 2.48. The van der Waals surface area contributed by atoms with Crippen molar-refractivity contribution in [3.05, 3.63) is 29.1 Å². The van der Waals surface area contributed by atoms with Crippen LogP contribution in [0.25, 0.3) is 0 Å². The summed E-state index contributed by atoms with van der Waals surface area (Å²) in [6.07, 6.45) is 2.09. The minimum absolute atomic E-state index is 0.118. The third kappa shape index (κ3) is 3.45. The number of piperidine rings is 1. The van der Waals surface area contributed by atoms with Crippen LogP contribution in [0, 0.1) is 35.0 Å². The summed E-state index contributed by atoms with van der Waals surface area (Å²) in [5.41, 5.74) is -0.961. The number of nitrogens with zero attached hydrogens (tertiary/aromatic N) is 1. The molecule has 1 heterocycles. The van der Waals surface area contributed by atoms with Crippen LogP contribution in [0.3, 0.4) is 0 Å². The van der Waals surface area contributed by atoms with Crippen molar-refractivity contribution >= 4 is 5.69 Å². The van der Waals surface area contributed by atoms with Crippen molar-refractivity contribution < 1.29 is 22.0 Å². The van der Waals surface area contributed by atoms with Gasteiger partial charge in [0.15, 0.2) is 23.3 Å². The highest BCUT2D eigenvalue weighted by Crippen LogP contribution is 2.27. The lowest BCUT2D eigenvalue weighted by molar-refractivity contribution is 0.199. The van der Waals surface area contributed by atoms with Crippen molar-refractivity contribution in [2.75, 3.05) is 31.5 Å². The van der Waals surface area contributed by atoms with Crippen LogP contribution >= 0.6 is 0 Å². The Labute approximate surface area is 119 Å². The van der Waals surface area contributed by atoms with E-state index in [2.05, 4.69) is 17.1 Å². The van der Waals surface area contributed by atoms with Crippen molar-refractivity contribution in [1.82, 2.24) is 4.90 Å². The number of benzene rings is 1. The Morgan fingerprint density at radius 1 is 0.905 bits per heavy atom. The fourth-order valence-corrected chi connectivity index (χ4v) is 2.38. The number of rotatable bonds is 4. The molecule has 1 aliphatic rings. The molecule has 1 aromatic carbocycles. The molecule has 7 heteroatoms. The lowest BCUT2D eigenvalue weighted by atomic mass is 9.99. The predicted octanol–water partition coefficient (Wildman–Crippen LogP) is 3.53. The Kier molecular flexibility index (Phi) is 5.03. The summed E-state index contributed by atoms with van der Waals surface area (Å²) < 4.78 is 65.8. The van der Waals surface area contributed by atoms with Crippen LogP contribution in [0.1, 0.15) is 19.8 Å². The number of anilines is 1. The Balaban J connectivity index is 1.97. The van der Waals surface area contributed by atoms with Gasteiger partial charge in [0.2, 0.25) is 5.82 Å². The van der Waals surface area contributed by atoms with Gasteiger partial charge < -0.3 is 10.2 Å². The van der Waals surface area contributed by atoms with Crippen LogP contribution in [-0.4, -0.2) is 31.1 Å². The minimum atomic E-state index is -2.14. The van der Waals surface area contributed by atoms with E-state index in [0.29, 0.717) is 12.5 Å². The predicted molar refractivity (Wildman–Crippen MR) is 69.6 cm³/mol. The molecule has 0 amide bonds. The van der Waals surface area contributed by atoms with Crippen LogP contribution in [0.15, 0.2) is 0 Å². The van der Waals surface area contributed by atoms with Gasteiger partial charge in [0, 0.05) is 13.1 Å². The fourth-order valence-electron chi connectivity index (χ4n) is 2.38.